The Morgan fingerprint density at radius 3 is 2.28 bits per heavy atom. The van der Waals surface area contributed by atoms with Crippen molar-refractivity contribution in [3.8, 4) is 0 Å². The number of allylic oxidation sites excluding steroid dienone is 1. The molecule has 1 aromatic rings. The molecule has 8 N–H and O–H groups in total. The Morgan fingerprint density at radius 2 is 1.58 bits per heavy atom. The van der Waals surface area contributed by atoms with E-state index in [0.29, 0.717) is 38.5 Å². The van der Waals surface area contributed by atoms with E-state index in [2.05, 4.69) is 6.92 Å². The van der Waals surface area contributed by atoms with Crippen molar-refractivity contribution in [2.24, 2.45) is 22.7 Å². The summed E-state index contributed by atoms with van der Waals surface area (Å²) in [7, 11) is 0. The molecule has 280 valence electrons. The first kappa shape index (κ1) is 36.6. The van der Waals surface area contributed by atoms with Gasteiger partial charge in [0.05, 0.1) is 36.8 Å². The summed E-state index contributed by atoms with van der Waals surface area (Å²) in [5.41, 5.74) is -0.711. The van der Waals surface area contributed by atoms with Crippen LogP contribution >= 0.6 is 0 Å². The summed E-state index contributed by atoms with van der Waals surface area (Å²) in [6.45, 7) is 5.04. The van der Waals surface area contributed by atoms with Crippen LogP contribution in [0.15, 0.2) is 39.3 Å². The van der Waals surface area contributed by atoms with E-state index in [1.165, 1.54) is 19.3 Å². The van der Waals surface area contributed by atoms with E-state index >= 15 is 0 Å². The molecule has 3 saturated carbocycles. The third-order valence-corrected chi connectivity index (χ3v) is 13.7. The number of fused-ring (bicyclic) bond motifs is 5. The summed E-state index contributed by atoms with van der Waals surface area (Å²) < 4.78 is 28.5. The number of hydrogen-bond donors (Lipinski definition) is 8. The van der Waals surface area contributed by atoms with Crippen LogP contribution < -0.4 is 5.63 Å². The molecule has 6 aliphatic rings. The number of aliphatic hydroxyl groups is 8. The predicted molar refractivity (Wildman–Crippen MR) is 172 cm³/mol. The first-order valence-corrected chi connectivity index (χ1v) is 18.0. The molecule has 0 aromatic carbocycles. The van der Waals surface area contributed by atoms with Crippen molar-refractivity contribution in [3.05, 3.63) is 46.0 Å². The summed E-state index contributed by atoms with van der Waals surface area (Å²) in [4.78, 5) is 11.6. The van der Waals surface area contributed by atoms with E-state index in [1.54, 1.807) is 6.07 Å². The molecule has 0 spiro atoms. The number of rotatable bonds is 6. The van der Waals surface area contributed by atoms with Gasteiger partial charge >= 0.3 is 5.63 Å². The minimum absolute atomic E-state index is 0.0127. The van der Waals surface area contributed by atoms with E-state index in [0.717, 1.165) is 17.6 Å². The maximum Gasteiger partial charge on any atom is 0.335 e. The minimum Gasteiger partial charge on any atom is -0.431 e. The van der Waals surface area contributed by atoms with Crippen molar-refractivity contribution in [1.29, 1.82) is 0 Å². The van der Waals surface area contributed by atoms with Crippen molar-refractivity contribution >= 4 is 0 Å². The molecule has 4 aliphatic carbocycles. The second-order valence-corrected chi connectivity index (χ2v) is 16.0. The average Bonchev–Trinajstić information content (AvgIpc) is 3.38. The third-order valence-electron chi connectivity index (χ3n) is 13.7. The zero-order chi connectivity index (χ0) is 35.9. The summed E-state index contributed by atoms with van der Waals surface area (Å²) in [6, 6.07) is 3.13. The summed E-state index contributed by atoms with van der Waals surface area (Å²) in [5, 5.41) is 87.2. The Hall–Kier alpha value is -1.79. The zero-order valence-electron chi connectivity index (χ0n) is 28.7. The Morgan fingerprint density at radius 1 is 0.860 bits per heavy atom. The van der Waals surface area contributed by atoms with Crippen molar-refractivity contribution in [1.82, 2.24) is 0 Å². The topological polar surface area (TPSA) is 229 Å². The van der Waals surface area contributed by atoms with Gasteiger partial charge in [-0.15, -0.1) is 0 Å². The maximum absolute atomic E-state index is 12.5. The van der Waals surface area contributed by atoms with Crippen LogP contribution in [0.1, 0.15) is 77.2 Å². The lowest BCUT2D eigenvalue weighted by Gasteiger charge is -2.63. The van der Waals surface area contributed by atoms with Gasteiger partial charge in [-0.25, -0.2) is 4.79 Å². The molecule has 3 heterocycles. The van der Waals surface area contributed by atoms with E-state index in [9.17, 15) is 45.6 Å². The molecule has 1 aromatic heterocycles. The van der Waals surface area contributed by atoms with E-state index in [4.69, 9.17) is 23.4 Å². The second-order valence-electron chi connectivity index (χ2n) is 16.0. The molecule has 50 heavy (non-hydrogen) atoms. The molecule has 18 atom stereocenters. The van der Waals surface area contributed by atoms with E-state index in [-0.39, 0.29) is 23.2 Å². The van der Waals surface area contributed by atoms with Gasteiger partial charge in [-0.3, -0.25) is 0 Å². The Labute approximate surface area is 290 Å². The van der Waals surface area contributed by atoms with Crippen LogP contribution in [0.25, 0.3) is 0 Å². The second kappa shape index (κ2) is 13.3. The highest BCUT2D eigenvalue weighted by Gasteiger charge is 2.70. The molecular weight excluding hydrogens is 656 g/mol. The van der Waals surface area contributed by atoms with Crippen molar-refractivity contribution in [3.63, 3.8) is 0 Å². The highest BCUT2D eigenvalue weighted by molar-refractivity contribution is 5.32. The summed E-state index contributed by atoms with van der Waals surface area (Å²) >= 11 is 0. The van der Waals surface area contributed by atoms with Crippen LogP contribution in [-0.2, 0) is 18.9 Å². The number of ether oxygens (including phenoxy) is 4. The lowest BCUT2D eigenvalue weighted by atomic mass is 9.44. The largest absolute Gasteiger partial charge is 0.431 e. The average molecular weight is 709 g/mol. The van der Waals surface area contributed by atoms with Gasteiger partial charge in [0.15, 0.2) is 12.6 Å². The molecule has 2 saturated heterocycles. The van der Waals surface area contributed by atoms with Crippen molar-refractivity contribution in [2.75, 3.05) is 6.61 Å². The lowest BCUT2D eigenvalue weighted by molar-refractivity contribution is -0.359. The van der Waals surface area contributed by atoms with Crippen LogP contribution in [0.3, 0.4) is 0 Å². The van der Waals surface area contributed by atoms with Crippen LogP contribution in [0, 0.1) is 22.7 Å². The number of aliphatic hydroxyl groups excluding tert-OH is 7. The Bertz CT molecular complexity index is 1460. The third kappa shape index (κ3) is 5.57. The predicted octanol–water partition coefficient (Wildman–Crippen LogP) is -0.191. The van der Waals surface area contributed by atoms with Crippen LogP contribution in [0.2, 0.25) is 0 Å². The van der Waals surface area contributed by atoms with Gasteiger partial charge in [-0.05, 0) is 86.7 Å². The lowest BCUT2D eigenvalue weighted by Crippen LogP contribution is -2.65. The monoisotopic (exact) mass is 708 g/mol. The van der Waals surface area contributed by atoms with Crippen LogP contribution in [0.4, 0.5) is 0 Å². The van der Waals surface area contributed by atoms with Gasteiger partial charge in [0.2, 0.25) is 0 Å². The van der Waals surface area contributed by atoms with Gasteiger partial charge < -0.3 is 64.2 Å². The van der Waals surface area contributed by atoms with Gasteiger partial charge in [0, 0.05) is 11.5 Å². The first-order valence-electron chi connectivity index (χ1n) is 18.0. The van der Waals surface area contributed by atoms with Crippen LogP contribution in [-0.4, -0.2) is 127 Å². The smallest absolute Gasteiger partial charge is 0.335 e. The fraction of sp³-hybridized carbons (Fsp3) is 0.806. The normalized spacial score (nSPS) is 52.1. The Kier molecular flexibility index (Phi) is 9.69. The first-order chi connectivity index (χ1) is 23.6. The quantitative estimate of drug-likeness (QED) is 0.179. The molecule has 14 nitrogen and oxygen atoms in total. The van der Waals surface area contributed by atoms with Crippen molar-refractivity contribution in [2.45, 2.75) is 151 Å². The molecule has 0 bridgehead atoms. The molecular formula is C36H52O14. The highest BCUT2D eigenvalue weighted by atomic mass is 16.7. The Balaban J connectivity index is 1.05. The van der Waals surface area contributed by atoms with E-state index < -0.39 is 96.9 Å². The molecule has 0 radical (unpaired) electrons. The number of hydrogen-bond acceptors (Lipinski definition) is 14. The standard InChI is InChI=1S/C36H52O14/c1-16-26(40)27(41)29(43)32(47-16)50-31-23(14-37)49-33(30(44)28(31)42)48-19-8-10-34(2)18(12-19)5-6-21-22(34)13-24(38)35(3)20(9-11-36(21,35)45)17-4-7-25(39)46-15-17/h4,7,12,15-16,19-24,26-33,37-38,40-45H,5-6,8-11,13-14H2,1-3H3. The van der Waals surface area contributed by atoms with Crippen LogP contribution in [0.5, 0.6) is 0 Å². The fourth-order valence-electron chi connectivity index (χ4n) is 10.6. The van der Waals surface area contributed by atoms with Gasteiger partial charge in [-0.2, -0.15) is 0 Å². The fourth-order valence-corrected chi connectivity index (χ4v) is 10.6. The minimum atomic E-state index is -1.65. The molecule has 0 amide bonds. The zero-order valence-corrected chi connectivity index (χ0v) is 28.7. The summed E-state index contributed by atoms with van der Waals surface area (Å²) in [6.07, 6.45) is -7.35. The van der Waals surface area contributed by atoms with Gasteiger partial charge in [0.25, 0.3) is 0 Å². The van der Waals surface area contributed by atoms with Gasteiger partial charge in [-0.1, -0.05) is 25.5 Å². The maximum atomic E-state index is 12.5. The van der Waals surface area contributed by atoms with Crippen molar-refractivity contribution < 1.29 is 64.2 Å². The van der Waals surface area contributed by atoms with E-state index in [1.807, 2.05) is 13.0 Å². The summed E-state index contributed by atoms with van der Waals surface area (Å²) in [5.74, 6) is -0.190. The molecule has 5 fully saturated rings. The molecule has 7 rings (SSSR count). The molecule has 2 aliphatic heterocycles. The van der Waals surface area contributed by atoms with Gasteiger partial charge in [0.1, 0.15) is 42.7 Å². The SMILES string of the molecule is CC1OC(OC2C(CO)OC(OC3C=C4CCC5C(CC(O)C6(C)C(c7ccc(=O)oc7)CCC56O)C4(C)CC3)C(O)C2O)C(O)C(O)C1O. The molecule has 18 unspecified atom stereocenters. The molecule has 14 heteroatoms. The highest BCUT2D eigenvalue weighted by Crippen LogP contribution is 2.70.